The molecule has 1 heterocycles. The number of carboxylic acids is 1. The number of ether oxygens (including phenoxy) is 1. The van der Waals surface area contributed by atoms with Gasteiger partial charge in [0.2, 0.25) is 17.5 Å². The highest BCUT2D eigenvalue weighted by Gasteiger charge is 2.53. The third kappa shape index (κ3) is 4.19. The zero-order valence-electron chi connectivity index (χ0n) is 14.7. The maximum Gasteiger partial charge on any atom is 0.409 e. The average Bonchev–Trinajstić information content (AvgIpc) is 2.92. The van der Waals surface area contributed by atoms with Crippen molar-refractivity contribution in [2.24, 2.45) is 5.92 Å². The van der Waals surface area contributed by atoms with Gasteiger partial charge in [-0.15, -0.1) is 0 Å². The number of benzene rings is 1. The van der Waals surface area contributed by atoms with Crippen LogP contribution < -0.4 is 5.32 Å². The number of nitrogens with zero attached hydrogens (tertiary/aromatic N) is 1. The molecule has 1 aromatic rings. The molecule has 2 rings (SSSR count). The van der Waals surface area contributed by atoms with Crippen LogP contribution in [0.5, 0.6) is 0 Å². The number of hydrogen-bond acceptors (Lipinski definition) is 5. The van der Waals surface area contributed by atoms with E-state index in [0.717, 1.165) is 5.56 Å². The van der Waals surface area contributed by atoms with E-state index >= 15 is 0 Å². The van der Waals surface area contributed by atoms with Crippen LogP contribution in [-0.4, -0.2) is 39.5 Å². The molecule has 0 aromatic heterocycles. The molecular formula is C18H22N2O6. The molecule has 0 aliphatic carbocycles. The van der Waals surface area contributed by atoms with Crippen LogP contribution in [-0.2, 0) is 25.7 Å². The van der Waals surface area contributed by atoms with Crippen molar-refractivity contribution in [3.8, 4) is 0 Å². The van der Waals surface area contributed by atoms with Gasteiger partial charge < -0.3 is 9.84 Å². The summed E-state index contributed by atoms with van der Waals surface area (Å²) in [5.41, 5.74) is -1.44. The molecule has 0 bridgehead atoms. The fraction of sp³-hybridized carbons (Fsp3) is 0.444. The van der Waals surface area contributed by atoms with Crippen molar-refractivity contribution < 1.29 is 29.0 Å². The molecule has 1 aliphatic heterocycles. The lowest BCUT2D eigenvalue weighted by Crippen LogP contribution is -2.67. The zero-order chi connectivity index (χ0) is 19.3. The standard InChI is InChI=1S/C18H22N2O6/c1-12(2)10-18(16(23)24,20-14(21)8-9-15(20)22)19-17(25)26-11-13-6-4-3-5-7-13/h3-7,12H,8-11H2,1-2H3,(H,19,25)(H,23,24). The van der Waals surface area contributed by atoms with Crippen LogP contribution in [0.25, 0.3) is 0 Å². The van der Waals surface area contributed by atoms with Gasteiger partial charge in [0.15, 0.2) is 0 Å². The Kier molecular flexibility index (Phi) is 5.97. The van der Waals surface area contributed by atoms with E-state index in [1.807, 2.05) is 6.07 Å². The number of carbonyl (C=O) groups excluding carboxylic acids is 3. The molecule has 140 valence electrons. The van der Waals surface area contributed by atoms with Crippen molar-refractivity contribution in [2.45, 2.75) is 45.4 Å². The lowest BCUT2D eigenvalue weighted by molar-refractivity contribution is -0.166. The monoisotopic (exact) mass is 362 g/mol. The Hall–Kier alpha value is -2.90. The molecule has 0 radical (unpaired) electrons. The first-order valence-corrected chi connectivity index (χ1v) is 8.34. The molecule has 0 spiro atoms. The Morgan fingerprint density at radius 2 is 1.77 bits per heavy atom. The summed E-state index contributed by atoms with van der Waals surface area (Å²) in [4.78, 5) is 49.2. The van der Waals surface area contributed by atoms with Crippen LogP contribution in [0.15, 0.2) is 30.3 Å². The number of carboxylic acid groups (broad SMARTS) is 1. The smallest absolute Gasteiger partial charge is 0.409 e. The van der Waals surface area contributed by atoms with Crippen LogP contribution in [0.4, 0.5) is 4.79 Å². The van der Waals surface area contributed by atoms with Gasteiger partial charge >= 0.3 is 12.1 Å². The summed E-state index contributed by atoms with van der Waals surface area (Å²) in [5, 5.41) is 12.0. The third-order valence-corrected chi connectivity index (χ3v) is 4.01. The van der Waals surface area contributed by atoms with E-state index in [9.17, 15) is 24.3 Å². The summed E-state index contributed by atoms with van der Waals surface area (Å²) in [7, 11) is 0. The van der Waals surface area contributed by atoms with Crippen LogP contribution in [0, 0.1) is 5.92 Å². The number of likely N-dealkylation sites (tertiary alicyclic amines) is 1. The van der Waals surface area contributed by atoms with Crippen LogP contribution in [0.3, 0.4) is 0 Å². The van der Waals surface area contributed by atoms with E-state index in [0.29, 0.717) is 4.90 Å². The quantitative estimate of drug-likeness (QED) is 0.716. The fourth-order valence-electron chi connectivity index (χ4n) is 2.96. The second kappa shape index (κ2) is 7.99. The fourth-order valence-corrected chi connectivity index (χ4v) is 2.96. The molecule has 8 nitrogen and oxygen atoms in total. The molecule has 1 aliphatic rings. The second-order valence-corrected chi connectivity index (χ2v) is 6.57. The Morgan fingerprint density at radius 3 is 2.27 bits per heavy atom. The summed E-state index contributed by atoms with van der Waals surface area (Å²) in [6.07, 6.45) is -1.29. The SMILES string of the molecule is CC(C)CC(NC(=O)OCc1ccccc1)(C(=O)O)N1C(=O)CCC1=O. The zero-order valence-corrected chi connectivity index (χ0v) is 14.7. The van der Waals surface area contributed by atoms with Gasteiger partial charge in [0.25, 0.3) is 0 Å². The van der Waals surface area contributed by atoms with Gasteiger partial charge in [0.1, 0.15) is 6.61 Å². The van der Waals surface area contributed by atoms with E-state index in [1.165, 1.54) is 0 Å². The second-order valence-electron chi connectivity index (χ2n) is 6.57. The summed E-state index contributed by atoms with van der Waals surface area (Å²) in [6.45, 7) is 3.41. The number of amides is 3. The Bertz CT molecular complexity index is 687. The normalized spacial score (nSPS) is 16.5. The van der Waals surface area contributed by atoms with E-state index in [2.05, 4.69) is 5.32 Å². The Morgan fingerprint density at radius 1 is 1.19 bits per heavy atom. The van der Waals surface area contributed by atoms with E-state index in [4.69, 9.17) is 4.74 Å². The van der Waals surface area contributed by atoms with Crippen LogP contribution in [0.1, 0.15) is 38.7 Å². The maximum atomic E-state index is 12.2. The lowest BCUT2D eigenvalue weighted by atomic mass is 9.95. The number of hydrogen-bond donors (Lipinski definition) is 2. The van der Waals surface area contributed by atoms with Gasteiger partial charge in [0.05, 0.1) is 0 Å². The topological polar surface area (TPSA) is 113 Å². The Labute approximate surface area is 151 Å². The first kappa shape index (κ1) is 19.4. The van der Waals surface area contributed by atoms with Crippen molar-refractivity contribution in [2.75, 3.05) is 0 Å². The minimum atomic E-state index is -2.16. The van der Waals surface area contributed by atoms with Gasteiger partial charge in [-0.1, -0.05) is 44.2 Å². The van der Waals surface area contributed by atoms with Crippen molar-refractivity contribution in [3.05, 3.63) is 35.9 Å². The molecular weight excluding hydrogens is 340 g/mol. The number of nitrogens with one attached hydrogen (secondary N) is 1. The van der Waals surface area contributed by atoms with Gasteiger partial charge in [-0.2, -0.15) is 0 Å². The number of alkyl carbamates (subject to hydrolysis) is 1. The molecule has 8 heteroatoms. The van der Waals surface area contributed by atoms with E-state index in [1.54, 1.807) is 38.1 Å². The molecule has 26 heavy (non-hydrogen) atoms. The number of imide groups is 1. The third-order valence-electron chi connectivity index (χ3n) is 4.01. The molecule has 1 aromatic carbocycles. The predicted molar refractivity (Wildman–Crippen MR) is 90.7 cm³/mol. The van der Waals surface area contributed by atoms with E-state index < -0.39 is 29.5 Å². The Balaban J connectivity index is 2.22. The summed E-state index contributed by atoms with van der Waals surface area (Å²) in [6, 6.07) is 8.86. The molecule has 2 N–H and O–H groups in total. The van der Waals surface area contributed by atoms with Gasteiger partial charge in [-0.25, -0.2) is 14.5 Å². The molecule has 1 unspecified atom stereocenters. The number of carbonyl (C=O) groups is 4. The first-order chi connectivity index (χ1) is 12.3. The van der Waals surface area contributed by atoms with Crippen LogP contribution in [0.2, 0.25) is 0 Å². The van der Waals surface area contributed by atoms with Gasteiger partial charge in [0, 0.05) is 19.3 Å². The van der Waals surface area contributed by atoms with Crippen molar-refractivity contribution in [1.82, 2.24) is 10.2 Å². The summed E-state index contributed by atoms with van der Waals surface area (Å²) >= 11 is 0. The first-order valence-electron chi connectivity index (χ1n) is 8.34. The lowest BCUT2D eigenvalue weighted by Gasteiger charge is -2.38. The number of rotatable bonds is 7. The molecule has 1 saturated heterocycles. The molecule has 3 amide bonds. The van der Waals surface area contributed by atoms with Crippen molar-refractivity contribution >= 4 is 23.9 Å². The highest BCUT2D eigenvalue weighted by atomic mass is 16.5. The van der Waals surface area contributed by atoms with Gasteiger partial charge in [-0.05, 0) is 11.5 Å². The molecule has 0 saturated carbocycles. The van der Waals surface area contributed by atoms with E-state index in [-0.39, 0.29) is 31.8 Å². The van der Waals surface area contributed by atoms with Crippen molar-refractivity contribution in [3.63, 3.8) is 0 Å². The minimum Gasteiger partial charge on any atom is -0.478 e. The van der Waals surface area contributed by atoms with Crippen LogP contribution >= 0.6 is 0 Å². The molecule has 1 atom stereocenters. The molecule has 1 fully saturated rings. The summed E-state index contributed by atoms with van der Waals surface area (Å²) < 4.78 is 5.08. The highest BCUT2D eigenvalue weighted by Crippen LogP contribution is 2.28. The maximum absolute atomic E-state index is 12.2. The largest absolute Gasteiger partial charge is 0.478 e. The minimum absolute atomic E-state index is 0.0635. The highest BCUT2D eigenvalue weighted by molar-refractivity contribution is 6.06. The predicted octanol–water partition coefficient (Wildman–Crippen LogP) is 1.89. The average molecular weight is 362 g/mol. The number of aliphatic carboxylic acids is 1. The van der Waals surface area contributed by atoms with Crippen molar-refractivity contribution in [1.29, 1.82) is 0 Å². The van der Waals surface area contributed by atoms with Gasteiger partial charge in [-0.3, -0.25) is 14.9 Å². The summed E-state index contributed by atoms with van der Waals surface area (Å²) in [5.74, 6) is -2.93.